The van der Waals surface area contributed by atoms with Crippen LogP contribution in [0.5, 0.6) is 5.75 Å². The van der Waals surface area contributed by atoms with E-state index in [4.69, 9.17) is 9.47 Å². The molecule has 25 heavy (non-hydrogen) atoms. The van der Waals surface area contributed by atoms with Crippen molar-refractivity contribution < 1.29 is 19.1 Å². The Balaban J connectivity index is 1.87. The molecule has 0 aromatic heterocycles. The zero-order chi connectivity index (χ0) is 18.2. The molecule has 6 heteroatoms. The van der Waals surface area contributed by atoms with E-state index >= 15 is 0 Å². The van der Waals surface area contributed by atoms with Crippen LogP contribution in [0.4, 0.5) is 0 Å². The molecule has 0 aliphatic heterocycles. The molecule has 0 saturated carbocycles. The van der Waals surface area contributed by atoms with Gasteiger partial charge in [0.1, 0.15) is 5.75 Å². The molecule has 6 nitrogen and oxygen atoms in total. The number of hydrogen-bond donors (Lipinski definition) is 1. The molecule has 2 rings (SSSR count). The van der Waals surface area contributed by atoms with Gasteiger partial charge < -0.3 is 9.47 Å². The SMILES string of the molecule is CCOC(=O)[C@H](C)/C(C)=N/NC(=O)COc1ccc2ccccc2c1. The number of carbonyl (C=O) groups excluding carboxylic acids is 2. The fraction of sp³-hybridized carbons (Fsp3) is 0.316. The summed E-state index contributed by atoms with van der Waals surface area (Å²) in [6.07, 6.45) is 0. The lowest BCUT2D eigenvalue weighted by atomic mass is 10.1. The van der Waals surface area contributed by atoms with Crippen molar-refractivity contribution in [3.05, 3.63) is 42.5 Å². The van der Waals surface area contributed by atoms with Crippen LogP contribution in [0.15, 0.2) is 47.6 Å². The maximum atomic E-state index is 11.8. The standard InChI is InChI=1S/C19H22N2O4/c1-4-24-19(23)13(2)14(3)20-21-18(22)12-25-17-10-9-15-7-5-6-8-16(15)11-17/h5-11,13H,4,12H2,1-3H3,(H,21,22)/b20-14+/t13-/m1/s1. The van der Waals surface area contributed by atoms with Crippen molar-refractivity contribution in [2.24, 2.45) is 11.0 Å². The number of carbonyl (C=O) groups is 2. The molecule has 0 fully saturated rings. The molecular formula is C19H22N2O4. The van der Waals surface area contributed by atoms with Crippen LogP contribution in [0.25, 0.3) is 10.8 Å². The largest absolute Gasteiger partial charge is 0.484 e. The van der Waals surface area contributed by atoms with Gasteiger partial charge in [-0.2, -0.15) is 5.10 Å². The number of fused-ring (bicyclic) bond motifs is 1. The second-order valence-corrected chi connectivity index (χ2v) is 5.56. The second kappa shape index (κ2) is 8.82. The van der Waals surface area contributed by atoms with E-state index < -0.39 is 11.8 Å². The van der Waals surface area contributed by atoms with E-state index in [-0.39, 0.29) is 12.6 Å². The fourth-order valence-corrected chi connectivity index (χ4v) is 2.12. The Bertz CT molecular complexity index is 786. The molecule has 0 saturated heterocycles. The minimum Gasteiger partial charge on any atom is -0.484 e. The highest BCUT2D eigenvalue weighted by Crippen LogP contribution is 2.20. The summed E-state index contributed by atoms with van der Waals surface area (Å²) >= 11 is 0. The van der Waals surface area contributed by atoms with E-state index in [1.165, 1.54) is 0 Å². The summed E-state index contributed by atoms with van der Waals surface area (Å²) in [7, 11) is 0. The molecule has 2 aromatic rings. The van der Waals surface area contributed by atoms with Gasteiger partial charge in [-0.25, -0.2) is 5.43 Å². The number of nitrogens with one attached hydrogen (secondary N) is 1. The van der Waals surface area contributed by atoms with E-state index in [9.17, 15) is 9.59 Å². The number of hydrazone groups is 1. The van der Waals surface area contributed by atoms with Crippen molar-refractivity contribution >= 4 is 28.4 Å². The minimum absolute atomic E-state index is 0.164. The van der Waals surface area contributed by atoms with Gasteiger partial charge in [0, 0.05) is 5.71 Å². The van der Waals surface area contributed by atoms with Gasteiger partial charge in [-0.05, 0) is 43.7 Å². The summed E-state index contributed by atoms with van der Waals surface area (Å²) in [6, 6.07) is 13.5. The van der Waals surface area contributed by atoms with Gasteiger partial charge >= 0.3 is 5.97 Å². The lowest BCUT2D eigenvalue weighted by Crippen LogP contribution is -2.28. The van der Waals surface area contributed by atoms with Crippen LogP contribution in [0.2, 0.25) is 0 Å². The predicted molar refractivity (Wildman–Crippen MR) is 96.5 cm³/mol. The van der Waals surface area contributed by atoms with E-state index in [0.29, 0.717) is 18.1 Å². The van der Waals surface area contributed by atoms with Crippen molar-refractivity contribution in [2.75, 3.05) is 13.2 Å². The molecule has 1 amide bonds. The zero-order valence-corrected chi connectivity index (χ0v) is 14.6. The molecular weight excluding hydrogens is 320 g/mol. The molecule has 0 unspecified atom stereocenters. The Labute approximate surface area is 146 Å². The molecule has 0 aliphatic rings. The quantitative estimate of drug-likeness (QED) is 0.477. The Morgan fingerprint density at radius 2 is 1.88 bits per heavy atom. The van der Waals surface area contributed by atoms with Crippen LogP contribution in [0.3, 0.4) is 0 Å². The van der Waals surface area contributed by atoms with Gasteiger partial charge in [-0.15, -0.1) is 0 Å². The first-order chi connectivity index (χ1) is 12.0. The number of hydrogen-bond acceptors (Lipinski definition) is 5. The summed E-state index contributed by atoms with van der Waals surface area (Å²) in [5.74, 6) is -0.676. The van der Waals surface area contributed by atoms with Crippen LogP contribution < -0.4 is 10.2 Å². The Morgan fingerprint density at radius 1 is 1.16 bits per heavy atom. The molecule has 0 radical (unpaired) electrons. The van der Waals surface area contributed by atoms with Gasteiger partial charge in [-0.1, -0.05) is 30.3 Å². The number of esters is 1. The molecule has 132 valence electrons. The Morgan fingerprint density at radius 3 is 2.60 bits per heavy atom. The van der Waals surface area contributed by atoms with E-state index in [1.54, 1.807) is 20.8 Å². The summed E-state index contributed by atoms with van der Waals surface area (Å²) in [5.41, 5.74) is 2.85. The number of rotatable bonds is 7. The van der Waals surface area contributed by atoms with Crippen LogP contribution in [0.1, 0.15) is 20.8 Å². The van der Waals surface area contributed by atoms with Crippen LogP contribution in [-0.2, 0) is 14.3 Å². The van der Waals surface area contributed by atoms with Crippen molar-refractivity contribution in [3.63, 3.8) is 0 Å². The minimum atomic E-state index is -0.512. The number of amides is 1. The lowest BCUT2D eigenvalue weighted by Gasteiger charge is -2.10. The van der Waals surface area contributed by atoms with Gasteiger partial charge in [0.15, 0.2) is 6.61 Å². The second-order valence-electron chi connectivity index (χ2n) is 5.56. The maximum absolute atomic E-state index is 11.8. The molecule has 1 atom stereocenters. The first kappa shape index (κ1) is 18.4. The van der Waals surface area contributed by atoms with Gasteiger partial charge in [0.2, 0.25) is 0 Å². The van der Waals surface area contributed by atoms with E-state index in [1.807, 2.05) is 42.5 Å². The van der Waals surface area contributed by atoms with Crippen molar-refractivity contribution in [2.45, 2.75) is 20.8 Å². The van der Waals surface area contributed by atoms with Crippen LogP contribution in [0, 0.1) is 5.92 Å². The van der Waals surface area contributed by atoms with E-state index in [2.05, 4.69) is 10.5 Å². The first-order valence-corrected chi connectivity index (χ1v) is 8.12. The van der Waals surface area contributed by atoms with Gasteiger partial charge in [-0.3, -0.25) is 9.59 Å². The third-order valence-corrected chi connectivity index (χ3v) is 3.71. The Hall–Kier alpha value is -2.89. The van der Waals surface area contributed by atoms with Crippen molar-refractivity contribution in [1.29, 1.82) is 0 Å². The molecule has 1 N–H and O–H groups in total. The van der Waals surface area contributed by atoms with Crippen molar-refractivity contribution in [3.8, 4) is 5.75 Å². The lowest BCUT2D eigenvalue weighted by molar-refractivity contribution is -0.145. The monoisotopic (exact) mass is 342 g/mol. The predicted octanol–water partition coefficient (Wildman–Crippen LogP) is 2.91. The molecule has 0 aliphatic carbocycles. The highest BCUT2D eigenvalue weighted by atomic mass is 16.5. The summed E-state index contributed by atoms with van der Waals surface area (Å²) < 4.78 is 10.4. The van der Waals surface area contributed by atoms with Crippen LogP contribution >= 0.6 is 0 Å². The number of nitrogens with zero attached hydrogens (tertiary/aromatic N) is 1. The maximum Gasteiger partial charge on any atom is 0.314 e. The average molecular weight is 342 g/mol. The Kier molecular flexibility index (Phi) is 6.51. The molecule has 0 bridgehead atoms. The average Bonchev–Trinajstić information content (AvgIpc) is 2.63. The van der Waals surface area contributed by atoms with Crippen LogP contribution in [-0.4, -0.2) is 30.8 Å². The zero-order valence-electron chi connectivity index (χ0n) is 14.6. The van der Waals surface area contributed by atoms with Crippen molar-refractivity contribution in [1.82, 2.24) is 5.43 Å². The van der Waals surface area contributed by atoms with Gasteiger partial charge in [0.25, 0.3) is 5.91 Å². The molecule has 0 heterocycles. The smallest absolute Gasteiger partial charge is 0.314 e. The highest BCUT2D eigenvalue weighted by Gasteiger charge is 2.17. The summed E-state index contributed by atoms with van der Waals surface area (Å²) in [5, 5.41) is 6.07. The van der Waals surface area contributed by atoms with Gasteiger partial charge in [0.05, 0.1) is 12.5 Å². The summed E-state index contributed by atoms with van der Waals surface area (Å²) in [6.45, 7) is 5.22. The van der Waals surface area contributed by atoms with E-state index in [0.717, 1.165) is 10.8 Å². The third kappa shape index (κ3) is 5.31. The third-order valence-electron chi connectivity index (χ3n) is 3.71. The molecule has 0 spiro atoms. The normalized spacial score (nSPS) is 12.5. The fourth-order valence-electron chi connectivity index (χ4n) is 2.12. The molecule has 2 aromatic carbocycles. The topological polar surface area (TPSA) is 77.0 Å². The number of ether oxygens (including phenoxy) is 2. The highest BCUT2D eigenvalue weighted by molar-refractivity contribution is 6.00. The summed E-state index contributed by atoms with van der Waals surface area (Å²) in [4.78, 5) is 23.4. The first-order valence-electron chi connectivity index (χ1n) is 8.12. The number of benzene rings is 2.